The highest BCUT2D eigenvalue weighted by Crippen LogP contribution is 2.59. The van der Waals surface area contributed by atoms with Crippen molar-refractivity contribution in [3.63, 3.8) is 0 Å². The fourth-order valence-electron chi connectivity index (χ4n) is 5.46. The maximum Gasteiger partial charge on any atom is 0.315 e. The third kappa shape index (κ3) is 4.18. The summed E-state index contributed by atoms with van der Waals surface area (Å²) in [6.07, 6.45) is 5.87. The average Bonchev–Trinajstić information content (AvgIpc) is 3.54. The zero-order valence-electron chi connectivity index (χ0n) is 18.5. The molecule has 0 bridgehead atoms. The van der Waals surface area contributed by atoms with Gasteiger partial charge in [-0.05, 0) is 67.2 Å². The van der Waals surface area contributed by atoms with Gasteiger partial charge in [0.25, 0.3) is 0 Å². The van der Waals surface area contributed by atoms with E-state index in [9.17, 15) is 9.59 Å². The normalized spacial score (nSPS) is 26.9. The second kappa shape index (κ2) is 8.15. The molecule has 0 radical (unpaired) electrons. The quantitative estimate of drug-likeness (QED) is 0.620. The molecule has 0 aliphatic heterocycles. The number of nitrogens with one attached hydrogen (secondary N) is 3. The molecule has 0 heterocycles. The van der Waals surface area contributed by atoms with Crippen molar-refractivity contribution in [1.29, 1.82) is 0 Å². The molecule has 0 aromatic heterocycles. The van der Waals surface area contributed by atoms with Crippen LogP contribution in [0.15, 0.2) is 54.6 Å². The predicted octanol–water partition coefficient (Wildman–Crippen LogP) is 3.86. The summed E-state index contributed by atoms with van der Waals surface area (Å²) in [6.45, 7) is 0.485. The second-order valence-corrected chi connectivity index (χ2v) is 9.82. The first-order chi connectivity index (χ1) is 15.5. The van der Waals surface area contributed by atoms with E-state index in [2.05, 4.69) is 28.1 Å². The molecule has 6 nitrogen and oxygen atoms in total. The van der Waals surface area contributed by atoms with Crippen molar-refractivity contribution in [3.8, 4) is 5.75 Å². The lowest BCUT2D eigenvalue weighted by atomic mass is 9.50. The van der Waals surface area contributed by atoms with Crippen molar-refractivity contribution in [3.05, 3.63) is 65.7 Å². The number of methoxy groups -OCH3 is 1. The van der Waals surface area contributed by atoms with Crippen LogP contribution in [0.2, 0.25) is 0 Å². The predicted molar refractivity (Wildman–Crippen MR) is 122 cm³/mol. The van der Waals surface area contributed by atoms with Gasteiger partial charge in [-0.15, -0.1) is 0 Å². The van der Waals surface area contributed by atoms with Gasteiger partial charge in [-0.1, -0.05) is 42.5 Å². The lowest BCUT2D eigenvalue weighted by Gasteiger charge is -2.57. The number of hydrogen-bond donors (Lipinski definition) is 3. The number of amides is 3. The molecule has 0 atom stereocenters. The van der Waals surface area contributed by atoms with E-state index in [0.29, 0.717) is 6.54 Å². The van der Waals surface area contributed by atoms with Gasteiger partial charge in [0.2, 0.25) is 5.91 Å². The number of carbonyl (C=O) groups excluding carboxylic acids is 2. The van der Waals surface area contributed by atoms with Crippen LogP contribution in [0.1, 0.15) is 49.7 Å². The highest BCUT2D eigenvalue weighted by atomic mass is 16.5. The molecule has 3 N–H and O–H groups in total. The maximum absolute atomic E-state index is 12.8. The minimum Gasteiger partial charge on any atom is -0.497 e. The molecule has 6 heteroatoms. The lowest BCUT2D eigenvalue weighted by molar-refractivity contribution is -0.139. The summed E-state index contributed by atoms with van der Waals surface area (Å²) in [5.74, 6) is 1.12. The van der Waals surface area contributed by atoms with E-state index in [4.69, 9.17) is 4.74 Å². The Bertz CT molecular complexity index is 971. The first kappa shape index (κ1) is 20.9. The minimum absolute atomic E-state index is 0.112. The molecule has 3 aliphatic carbocycles. The Balaban J connectivity index is 1.02. The van der Waals surface area contributed by atoms with Crippen LogP contribution in [0.4, 0.5) is 4.79 Å². The van der Waals surface area contributed by atoms with Crippen molar-refractivity contribution < 1.29 is 14.3 Å². The van der Waals surface area contributed by atoms with Gasteiger partial charge < -0.3 is 20.7 Å². The van der Waals surface area contributed by atoms with E-state index in [1.807, 2.05) is 42.5 Å². The van der Waals surface area contributed by atoms with Gasteiger partial charge >= 0.3 is 6.03 Å². The van der Waals surface area contributed by atoms with Crippen LogP contribution < -0.4 is 20.7 Å². The molecular weight excluding hydrogens is 402 g/mol. The summed E-state index contributed by atoms with van der Waals surface area (Å²) < 4.78 is 5.15. The molecule has 3 amide bonds. The third-order valence-corrected chi connectivity index (χ3v) is 7.47. The van der Waals surface area contributed by atoms with Crippen molar-refractivity contribution in [2.75, 3.05) is 7.11 Å². The average molecular weight is 434 g/mol. The van der Waals surface area contributed by atoms with E-state index in [-0.39, 0.29) is 34.9 Å². The highest BCUT2D eigenvalue weighted by molar-refractivity contribution is 5.81. The van der Waals surface area contributed by atoms with Gasteiger partial charge in [-0.2, -0.15) is 0 Å². The Morgan fingerprint density at radius 1 is 0.969 bits per heavy atom. The van der Waals surface area contributed by atoms with Crippen LogP contribution in [0, 0.1) is 11.3 Å². The fourth-order valence-corrected chi connectivity index (χ4v) is 5.46. The largest absolute Gasteiger partial charge is 0.497 e. The molecular formula is C26H31N3O3. The van der Waals surface area contributed by atoms with Gasteiger partial charge in [0, 0.05) is 18.5 Å². The maximum atomic E-state index is 12.8. The molecule has 32 heavy (non-hydrogen) atoms. The molecule has 3 fully saturated rings. The standard InChI is InChI=1S/C26H31N3O3/c1-32-22-9-7-18(8-10-22)17-27-24(31)28-21-15-25(16-21)13-19(14-25)23(30)29-26(11-12-26)20-5-3-2-4-6-20/h2-10,19,21H,11-17H2,1H3,(H,29,30)(H2,27,28,31). The first-order valence-electron chi connectivity index (χ1n) is 11.5. The smallest absolute Gasteiger partial charge is 0.315 e. The first-order valence-corrected chi connectivity index (χ1v) is 11.5. The van der Waals surface area contributed by atoms with E-state index < -0.39 is 0 Å². The highest BCUT2D eigenvalue weighted by Gasteiger charge is 2.56. The molecule has 1 spiro atoms. The summed E-state index contributed by atoms with van der Waals surface area (Å²) in [7, 11) is 1.64. The SMILES string of the molecule is COc1ccc(CNC(=O)NC2CC3(C2)CC(C(=O)NC2(c4ccccc4)CC2)C3)cc1. The van der Waals surface area contributed by atoms with Crippen LogP contribution in [-0.2, 0) is 16.9 Å². The number of benzene rings is 2. The summed E-state index contributed by atoms with van der Waals surface area (Å²) in [4.78, 5) is 25.0. The fraction of sp³-hybridized carbons (Fsp3) is 0.462. The van der Waals surface area contributed by atoms with E-state index in [0.717, 1.165) is 49.8 Å². The van der Waals surface area contributed by atoms with Crippen molar-refractivity contribution in [2.24, 2.45) is 11.3 Å². The van der Waals surface area contributed by atoms with Gasteiger partial charge in [-0.3, -0.25) is 4.79 Å². The number of carbonyl (C=O) groups is 2. The lowest BCUT2D eigenvalue weighted by Crippen LogP contribution is -2.59. The van der Waals surface area contributed by atoms with Crippen LogP contribution in [0.25, 0.3) is 0 Å². The van der Waals surface area contributed by atoms with Gasteiger partial charge in [0.05, 0.1) is 12.6 Å². The van der Waals surface area contributed by atoms with Crippen LogP contribution in [-0.4, -0.2) is 25.1 Å². The summed E-state index contributed by atoms with van der Waals surface area (Å²) in [5, 5.41) is 9.32. The number of rotatable bonds is 7. The summed E-state index contributed by atoms with van der Waals surface area (Å²) in [6, 6.07) is 18.0. The van der Waals surface area contributed by atoms with Crippen molar-refractivity contribution in [2.45, 2.75) is 56.7 Å². The van der Waals surface area contributed by atoms with Crippen LogP contribution in [0.5, 0.6) is 5.75 Å². The van der Waals surface area contributed by atoms with E-state index >= 15 is 0 Å². The monoisotopic (exact) mass is 433 g/mol. The molecule has 3 saturated carbocycles. The second-order valence-electron chi connectivity index (χ2n) is 9.82. The van der Waals surface area contributed by atoms with Gasteiger partial charge in [-0.25, -0.2) is 4.79 Å². The van der Waals surface area contributed by atoms with Crippen molar-refractivity contribution in [1.82, 2.24) is 16.0 Å². The molecule has 168 valence electrons. The Hall–Kier alpha value is -3.02. The molecule has 5 rings (SSSR count). The van der Waals surface area contributed by atoms with Crippen molar-refractivity contribution >= 4 is 11.9 Å². The topological polar surface area (TPSA) is 79.5 Å². The van der Waals surface area contributed by atoms with Gasteiger partial charge in [0.1, 0.15) is 5.75 Å². The molecule has 2 aromatic carbocycles. The van der Waals surface area contributed by atoms with E-state index in [1.165, 1.54) is 5.56 Å². The number of ether oxygens (including phenoxy) is 1. The minimum atomic E-state index is -0.132. The molecule has 0 unspecified atom stereocenters. The molecule has 2 aromatic rings. The van der Waals surface area contributed by atoms with Gasteiger partial charge in [0.15, 0.2) is 0 Å². The Labute approximate surface area is 189 Å². The van der Waals surface area contributed by atoms with Crippen LogP contribution in [0.3, 0.4) is 0 Å². The number of hydrogen-bond acceptors (Lipinski definition) is 3. The summed E-state index contributed by atoms with van der Waals surface area (Å²) in [5.41, 5.74) is 2.37. The van der Waals surface area contributed by atoms with E-state index in [1.54, 1.807) is 7.11 Å². The molecule has 3 aliphatic rings. The molecule has 0 saturated heterocycles. The third-order valence-electron chi connectivity index (χ3n) is 7.47. The number of urea groups is 1. The zero-order chi connectivity index (χ0) is 22.2. The van der Waals surface area contributed by atoms with Crippen LogP contribution >= 0.6 is 0 Å². The Morgan fingerprint density at radius 3 is 2.28 bits per heavy atom. The summed E-state index contributed by atoms with van der Waals surface area (Å²) >= 11 is 0. The zero-order valence-corrected chi connectivity index (χ0v) is 18.5. The Kier molecular flexibility index (Phi) is 5.31. The Morgan fingerprint density at radius 2 is 1.66 bits per heavy atom.